The second-order valence-corrected chi connectivity index (χ2v) is 6.68. The zero-order chi connectivity index (χ0) is 15.5. The maximum absolute atomic E-state index is 6.01. The van der Waals surface area contributed by atoms with Crippen molar-refractivity contribution in [3.63, 3.8) is 0 Å². The smallest absolute Gasteiger partial charge is 0.0673 e. The highest BCUT2D eigenvalue weighted by Crippen LogP contribution is 2.27. The van der Waals surface area contributed by atoms with E-state index < -0.39 is 0 Å². The molecule has 22 heavy (non-hydrogen) atoms. The molecule has 0 unspecified atom stereocenters. The zero-order valence-corrected chi connectivity index (χ0v) is 14.2. The van der Waals surface area contributed by atoms with Gasteiger partial charge in [0.2, 0.25) is 0 Å². The van der Waals surface area contributed by atoms with E-state index in [0.717, 1.165) is 11.6 Å². The lowest BCUT2D eigenvalue weighted by molar-refractivity contribution is 0.610. The Morgan fingerprint density at radius 1 is 1.27 bits per heavy atom. The van der Waals surface area contributed by atoms with Gasteiger partial charge in [0.05, 0.1) is 12.2 Å². The predicted molar refractivity (Wildman–Crippen MR) is 92.4 cm³/mol. The van der Waals surface area contributed by atoms with Gasteiger partial charge in [-0.1, -0.05) is 29.8 Å². The van der Waals surface area contributed by atoms with Gasteiger partial charge in [-0.25, -0.2) is 0 Å². The highest BCUT2D eigenvalue weighted by atomic mass is 35.5. The highest BCUT2D eigenvalue weighted by molar-refractivity contribution is 7.10. The predicted octanol–water partition coefficient (Wildman–Crippen LogP) is 4.32. The second-order valence-electron chi connectivity index (χ2n) is 5.26. The Balaban J connectivity index is 1.83. The Bertz CT molecular complexity index is 732. The van der Waals surface area contributed by atoms with E-state index in [4.69, 9.17) is 11.6 Å². The summed E-state index contributed by atoms with van der Waals surface area (Å²) in [6, 6.07) is 12.4. The van der Waals surface area contributed by atoms with Gasteiger partial charge in [-0.2, -0.15) is 5.10 Å². The zero-order valence-electron chi connectivity index (χ0n) is 12.6. The van der Waals surface area contributed by atoms with E-state index in [1.165, 1.54) is 21.7 Å². The van der Waals surface area contributed by atoms with Gasteiger partial charge < -0.3 is 5.32 Å². The summed E-state index contributed by atoms with van der Waals surface area (Å²) >= 11 is 7.77. The molecule has 0 aliphatic rings. The number of hydrogen-bond acceptors (Lipinski definition) is 3. The summed E-state index contributed by atoms with van der Waals surface area (Å²) in [5, 5.41) is 10.8. The average molecular weight is 332 g/mol. The first kappa shape index (κ1) is 15.3. The van der Waals surface area contributed by atoms with Crippen LogP contribution in [0.25, 0.3) is 0 Å². The first-order valence-corrected chi connectivity index (χ1v) is 8.40. The molecule has 0 saturated carbocycles. The summed E-state index contributed by atoms with van der Waals surface area (Å²) in [6.45, 7) is 2.87. The molecule has 1 atom stereocenters. The summed E-state index contributed by atoms with van der Waals surface area (Å²) in [5.41, 5.74) is 3.62. The number of hydrogen-bond donors (Lipinski definition) is 1. The van der Waals surface area contributed by atoms with Crippen molar-refractivity contribution in [2.45, 2.75) is 19.5 Å². The lowest BCUT2D eigenvalue weighted by Crippen LogP contribution is -2.21. The van der Waals surface area contributed by atoms with E-state index in [9.17, 15) is 0 Å². The first-order chi connectivity index (χ1) is 10.6. The van der Waals surface area contributed by atoms with Crippen LogP contribution in [0.4, 0.5) is 0 Å². The molecule has 0 spiro atoms. The standard InChI is InChI=1S/C17H18ClN3S/c1-12-14(11-20-21(12)2)10-19-17(16-4-3-9-22-16)13-5-7-15(18)8-6-13/h3-9,11,17,19H,10H2,1-2H3/t17-/m1/s1. The molecular weight excluding hydrogens is 314 g/mol. The van der Waals surface area contributed by atoms with E-state index in [-0.39, 0.29) is 6.04 Å². The normalized spacial score (nSPS) is 12.5. The highest BCUT2D eigenvalue weighted by Gasteiger charge is 2.15. The number of thiophene rings is 1. The second kappa shape index (κ2) is 6.65. The van der Waals surface area contributed by atoms with Crippen LogP contribution in [0.1, 0.15) is 27.7 Å². The number of nitrogens with one attached hydrogen (secondary N) is 1. The van der Waals surface area contributed by atoms with E-state index >= 15 is 0 Å². The number of halogens is 1. The number of aryl methyl sites for hydroxylation is 1. The van der Waals surface area contributed by atoms with Crippen LogP contribution in [-0.4, -0.2) is 9.78 Å². The fourth-order valence-corrected chi connectivity index (χ4v) is 3.38. The van der Waals surface area contributed by atoms with Crippen molar-refractivity contribution in [3.05, 3.63) is 74.7 Å². The van der Waals surface area contributed by atoms with Crippen LogP contribution < -0.4 is 5.32 Å². The molecule has 3 nitrogen and oxygen atoms in total. The third-order valence-corrected chi connectivity index (χ3v) is 5.05. The maximum atomic E-state index is 6.01. The maximum Gasteiger partial charge on any atom is 0.0673 e. The summed E-state index contributed by atoms with van der Waals surface area (Å²) in [6.07, 6.45) is 1.93. The van der Waals surface area contributed by atoms with Crippen molar-refractivity contribution in [1.29, 1.82) is 0 Å². The number of nitrogens with zero attached hydrogens (tertiary/aromatic N) is 2. The van der Waals surface area contributed by atoms with E-state index in [1.807, 2.05) is 30.1 Å². The van der Waals surface area contributed by atoms with Crippen LogP contribution in [0.2, 0.25) is 5.02 Å². The van der Waals surface area contributed by atoms with Gasteiger partial charge >= 0.3 is 0 Å². The summed E-state index contributed by atoms with van der Waals surface area (Å²) < 4.78 is 1.90. The first-order valence-electron chi connectivity index (χ1n) is 7.15. The molecule has 0 saturated heterocycles. The number of benzene rings is 1. The van der Waals surface area contributed by atoms with E-state index in [0.29, 0.717) is 0 Å². The number of aromatic nitrogens is 2. The molecule has 1 N–H and O–H groups in total. The molecule has 0 aliphatic heterocycles. The monoisotopic (exact) mass is 331 g/mol. The molecule has 2 heterocycles. The molecule has 0 aliphatic carbocycles. The SMILES string of the molecule is Cc1c(CN[C@H](c2ccc(Cl)cc2)c2cccs2)cnn1C. The van der Waals surface area contributed by atoms with Crippen molar-refractivity contribution >= 4 is 22.9 Å². The molecule has 3 aromatic rings. The van der Waals surface area contributed by atoms with Crippen molar-refractivity contribution in [1.82, 2.24) is 15.1 Å². The van der Waals surface area contributed by atoms with Crippen molar-refractivity contribution in [2.75, 3.05) is 0 Å². The summed E-state index contributed by atoms with van der Waals surface area (Å²) in [7, 11) is 1.97. The minimum atomic E-state index is 0.164. The van der Waals surface area contributed by atoms with Gasteiger partial charge in [0.1, 0.15) is 0 Å². The van der Waals surface area contributed by atoms with Crippen LogP contribution in [-0.2, 0) is 13.6 Å². The minimum Gasteiger partial charge on any atom is -0.301 e. The van der Waals surface area contributed by atoms with Gasteiger partial charge in [-0.15, -0.1) is 11.3 Å². The van der Waals surface area contributed by atoms with Crippen LogP contribution in [0, 0.1) is 6.92 Å². The van der Waals surface area contributed by atoms with Crippen LogP contribution >= 0.6 is 22.9 Å². The average Bonchev–Trinajstić information content (AvgIpc) is 3.14. The van der Waals surface area contributed by atoms with Gasteiger partial charge in [0.25, 0.3) is 0 Å². The van der Waals surface area contributed by atoms with E-state index in [1.54, 1.807) is 11.3 Å². The fourth-order valence-electron chi connectivity index (χ4n) is 2.42. The fraction of sp³-hybridized carbons (Fsp3) is 0.235. The largest absolute Gasteiger partial charge is 0.301 e. The molecule has 0 bridgehead atoms. The number of rotatable bonds is 5. The minimum absolute atomic E-state index is 0.164. The molecule has 0 fully saturated rings. The molecule has 5 heteroatoms. The van der Waals surface area contributed by atoms with Crippen molar-refractivity contribution in [3.8, 4) is 0 Å². The molecule has 1 aromatic carbocycles. The molecule has 0 amide bonds. The topological polar surface area (TPSA) is 29.9 Å². The Morgan fingerprint density at radius 2 is 2.05 bits per heavy atom. The van der Waals surface area contributed by atoms with Gasteiger partial charge in [-0.3, -0.25) is 4.68 Å². The lowest BCUT2D eigenvalue weighted by Gasteiger charge is -2.18. The third kappa shape index (κ3) is 3.24. The Kier molecular flexibility index (Phi) is 4.62. The van der Waals surface area contributed by atoms with E-state index in [2.05, 4.69) is 47.0 Å². The quantitative estimate of drug-likeness (QED) is 0.754. The Labute approximate surface area is 139 Å². The van der Waals surface area contributed by atoms with Gasteiger partial charge in [-0.05, 0) is 36.1 Å². The summed E-state index contributed by atoms with van der Waals surface area (Å²) in [5.74, 6) is 0. The molecule has 2 aromatic heterocycles. The van der Waals surface area contributed by atoms with Crippen LogP contribution in [0.3, 0.4) is 0 Å². The summed E-state index contributed by atoms with van der Waals surface area (Å²) in [4.78, 5) is 1.30. The third-order valence-electron chi connectivity index (χ3n) is 3.86. The Morgan fingerprint density at radius 3 is 2.64 bits per heavy atom. The van der Waals surface area contributed by atoms with Gasteiger partial charge in [0, 0.05) is 34.7 Å². The van der Waals surface area contributed by atoms with Gasteiger partial charge in [0.15, 0.2) is 0 Å². The Hall–Kier alpha value is -1.62. The van der Waals surface area contributed by atoms with Crippen LogP contribution in [0.5, 0.6) is 0 Å². The lowest BCUT2D eigenvalue weighted by atomic mass is 10.0. The van der Waals surface area contributed by atoms with Crippen LogP contribution in [0.15, 0.2) is 48.0 Å². The van der Waals surface area contributed by atoms with Crippen molar-refractivity contribution < 1.29 is 0 Å². The molecule has 0 radical (unpaired) electrons. The molecule has 3 rings (SSSR count). The molecular formula is C17H18ClN3S. The van der Waals surface area contributed by atoms with Crippen molar-refractivity contribution in [2.24, 2.45) is 7.05 Å². The molecule has 114 valence electrons.